The lowest BCUT2D eigenvalue weighted by atomic mass is 9.56. The SMILES string of the molecule is C=Cc1ccc(N2C(=O)[C@H]3[C@H](CC=C4[C@H]3C[C@@]3(Cl)C(=O)N(CBr)C(=O)[C@@]3(Cl)[C@H]4c3ccc(O)c(C)c3)C2=O)cc1. The molecule has 0 spiro atoms. The lowest BCUT2D eigenvalue weighted by molar-refractivity contribution is -0.138. The van der Waals surface area contributed by atoms with Crippen LogP contribution in [0.2, 0.25) is 0 Å². The molecule has 6 atom stereocenters. The number of rotatable bonds is 4. The van der Waals surface area contributed by atoms with Crippen LogP contribution in [-0.2, 0) is 19.2 Å². The maximum absolute atomic E-state index is 14.0. The number of allylic oxidation sites excluding steroid dienone is 2. The van der Waals surface area contributed by atoms with Crippen molar-refractivity contribution in [1.82, 2.24) is 4.90 Å². The molecule has 40 heavy (non-hydrogen) atoms. The normalized spacial score (nSPS) is 33.0. The number of likely N-dealkylation sites (tertiary alicyclic amines) is 1. The molecule has 2 aromatic carbocycles. The Morgan fingerprint density at radius 2 is 1.75 bits per heavy atom. The Morgan fingerprint density at radius 1 is 1.05 bits per heavy atom. The molecule has 2 saturated heterocycles. The van der Waals surface area contributed by atoms with E-state index in [2.05, 4.69) is 22.5 Å². The predicted molar refractivity (Wildman–Crippen MR) is 155 cm³/mol. The quantitative estimate of drug-likeness (QED) is 0.212. The second-order valence-electron chi connectivity index (χ2n) is 10.8. The third-order valence-corrected chi connectivity index (χ3v) is 10.9. The van der Waals surface area contributed by atoms with Crippen LogP contribution < -0.4 is 4.90 Å². The summed E-state index contributed by atoms with van der Waals surface area (Å²) in [5.74, 6) is -4.75. The van der Waals surface area contributed by atoms with E-state index in [9.17, 15) is 24.3 Å². The van der Waals surface area contributed by atoms with E-state index in [-0.39, 0.29) is 35.9 Å². The molecule has 7 nitrogen and oxygen atoms in total. The van der Waals surface area contributed by atoms with Gasteiger partial charge in [0.05, 0.1) is 23.0 Å². The van der Waals surface area contributed by atoms with Crippen LogP contribution in [0.15, 0.2) is 60.7 Å². The number of carbonyl (C=O) groups excluding carboxylic acids is 4. The number of aromatic hydroxyl groups is 1. The second kappa shape index (κ2) is 9.29. The molecule has 4 amide bonds. The van der Waals surface area contributed by atoms with E-state index >= 15 is 0 Å². The molecule has 10 heteroatoms. The maximum Gasteiger partial charge on any atom is 0.254 e. The van der Waals surface area contributed by atoms with Gasteiger partial charge < -0.3 is 5.11 Å². The van der Waals surface area contributed by atoms with Crippen molar-refractivity contribution in [2.75, 3.05) is 10.4 Å². The zero-order chi connectivity index (χ0) is 28.7. The molecule has 0 bridgehead atoms. The molecule has 1 N–H and O–H groups in total. The minimum atomic E-state index is -1.87. The summed E-state index contributed by atoms with van der Waals surface area (Å²) < 4.78 is 0. The van der Waals surface area contributed by atoms with Crippen LogP contribution in [0.25, 0.3) is 6.08 Å². The summed E-state index contributed by atoms with van der Waals surface area (Å²) in [4.78, 5) is 53.6. The van der Waals surface area contributed by atoms with Gasteiger partial charge in [-0.15, -0.1) is 23.2 Å². The first-order chi connectivity index (χ1) is 19.0. The van der Waals surface area contributed by atoms with Crippen LogP contribution in [-0.4, -0.2) is 48.8 Å². The summed E-state index contributed by atoms with van der Waals surface area (Å²) in [7, 11) is 0. The van der Waals surface area contributed by atoms with E-state index in [0.29, 0.717) is 22.4 Å². The molecular formula is C30H25BrCl2N2O5. The van der Waals surface area contributed by atoms with Gasteiger partial charge in [-0.2, -0.15) is 0 Å². The Morgan fingerprint density at radius 3 is 2.38 bits per heavy atom. The van der Waals surface area contributed by atoms with Crippen molar-refractivity contribution in [1.29, 1.82) is 0 Å². The minimum absolute atomic E-state index is 0.0696. The molecule has 0 unspecified atom stereocenters. The number of anilines is 1. The number of benzene rings is 2. The summed E-state index contributed by atoms with van der Waals surface area (Å²) in [6.07, 6.45) is 3.77. The number of phenols is 1. The van der Waals surface area contributed by atoms with Crippen molar-refractivity contribution in [2.24, 2.45) is 17.8 Å². The van der Waals surface area contributed by atoms with Crippen LogP contribution in [0.1, 0.15) is 35.4 Å². The van der Waals surface area contributed by atoms with E-state index in [1.54, 1.807) is 49.4 Å². The first-order valence-corrected chi connectivity index (χ1v) is 14.8. The van der Waals surface area contributed by atoms with Crippen LogP contribution in [0.3, 0.4) is 0 Å². The first kappa shape index (κ1) is 27.2. The van der Waals surface area contributed by atoms with Crippen molar-refractivity contribution in [3.05, 3.63) is 77.4 Å². The number of aryl methyl sites for hydroxylation is 1. The Kier molecular flexibility index (Phi) is 6.33. The zero-order valence-electron chi connectivity index (χ0n) is 21.4. The van der Waals surface area contributed by atoms with Gasteiger partial charge in [-0.05, 0) is 60.6 Å². The van der Waals surface area contributed by atoms with Gasteiger partial charge in [-0.3, -0.25) is 29.0 Å². The van der Waals surface area contributed by atoms with E-state index < -0.39 is 45.2 Å². The summed E-state index contributed by atoms with van der Waals surface area (Å²) in [6.45, 7) is 5.47. The number of alkyl halides is 3. The largest absolute Gasteiger partial charge is 0.508 e. The van der Waals surface area contributed by atoms with Crippen molar-refractivity contribution >= 4 is 74.5 Å². The third kappa shape index (κ3) is 3.42. The number of halogens is 3. The number of nitrogens with zero attached hydrogens (tertiary/aromatic N) is 2. The molecule has 4 aliphatic rings. The lowest BCUT2D eigenvalue weighted by Gasteiger charge is -2.50. The molecule has 2 aliphatic carbocycles. The first-order valence-electron chi connectivity index (χ1n) is 12.9. The fraction of sp³-hybridized carbons (Fsp3) is 0.333. The predicted octanol–water partition coefficient (Wildman–Crippen LogP) is 5.26. The summed E-state index contributed by atoms with van der Waals surface area (Å²) in [5.41, 5.74) is 3.09. The highest BCUT2D eigenvalue weighted by molar-refractivity contribution is 9.09. The number of phenolic OH excluding ortho intramolecular Hbond substituents is 1. The van der Waals surface area contributed by atoms with Gasteiger partial charge in [0, 0.05) is 5.92 Å². The molecule has 2 aliphatic heterocycles. The standard InChI is InChI=1S/C30H25BrCl2N2O5/c1-3-16-4-7-18(8-5-16)35-25(37)20-10-9-19-21(23(20)26(35)38)13-29(32)27(39)34(14-31)28(40)30(29,33)24(19)17-6-11-22(36)15(2)12-17/h3-9,11-12,20-21,23-24,36H,1,10,13-14H2,2H3/t20-,21+,23-,24-,29+,30-/m0/s1. The maximum atomic E-state index is 14.0. The van der Waals surface area contributed by atoms with E-state index in [4.69, 9.17) is 23.2 Å². The molecule has 2 aromatic rings. The highest BCUT2D eigenvalue weighted by atomic mass is 79.9. The Hall–Kier alpha value is -2.94. The van der Waals surface area contributed by atoms with Crippen LogP contribution in [0.4, 0.5) is 5.69 Å². The Bertz CT molecular complexity index is 1540. The number of amides is 4. The van der Waals surface area contributed by atoms with E-state index in [1.807, 2.05) is 6.08 Å². The number of imide groups is 2. The van der Waals surface area contributed by atoms with Crippen molar-refractivity contribution in [3.63, 3.8) is 0 Å². The Balaban J connectivity index is 1.50. The van der Waals surface area contributed by atoms with Gasteiger partial charge in [0.15, 0.2) is 9.75 Å². The van der Waals surface area contributed by atoms with Gasteiger partial charge in [0.1, 0.15) is 5.75 Å². The van der Waals surface area contributed by atoms with E-state index in [0.717, 1.165) is 10.5 Å². The number of hydrogen-bond acceptors (Lipinski definition) is 5. The fourth-order valence-electron chi connectivity index (χ4n) is 7.00. The van der Waals surface area contributed by atoms with Gasteiger partial charge in [0.2, 0.25) is 11.8 Å². The zero-order valence-corrected chi connectivity index (χ0v) is 24.5. The molecule has 206 valence electrons. The molecule has 2 heterocycles. The van der Waals surface area contributed by atoms with Crippen molar-refractivity contribution in [3.8, 4) is 5.75 Å². The summed E-state index contributed by atoms with van der Waals surface area (Å²) in [5, 5.41) is 10.2. The van der Waals surface area contributed by atoms with Gasteiger partial charge in [0.25, 0.3) is 11.8 Å². The average molecular weight is 644 g/mol. The van der Waals surface area contributed by atoms with Crippen LogP contribution >= 0.6 is 39.1 Å². The third-order valence-electron chi connectivity index (χ3n) is 8.96. The second-order valence-corrected chi connectivity index (χ2v) is 12.6. The molecule has 3 fully saturated rings. The van der Waals surface area contributed by atoms with Crippen LogP contribution in [0.5, 0.6) is 5.75 Å². The molecule has 0 aromatic heterocycles. The summed E-state index contributed by atoms with van der Waals surface area (Å²) in [6, 6.07) is 11.9. The molecular weight excluding hydrogens is 619 g/mol. The molecule has 1 saturated carbocycles. The van der Waals surface area contributed by atoms with Crippen molar-refractivity contribution < 1.29 is 24.3 Å². The smallest absolute Gasteiger partial charge is 0.254 e. The highest BCUT2D eigenvalue weighted by Gasteiger charge is 2.76. The lowest BCUT2D eigenvalue weighted by Crippen LogP contribution is -2.60. The fourth-order valence-corrected chi connectivity index (χ4v) is 8.42. The number of fused-ring (bicyclic) bond motifs is 4. The van der Waals surface area contributed by atoms with Crippen LogP contribution in [0, 0.1) is 24.7 Å². The Labute approximate surface area is 249 Å². The minimum Gasteiger partial charge on any atom is -0.508 e. The summed E-state index contributed by atoms with van der Waals surface area (Å²) >= 11 is 17.7. The van der Waals surface area contributed by atoms with E-state index in [1.165, 1.54) is 11.0 Å². The highest BCUT2D eigenvalue weighted by Crippen LogP contribution is 2.65. The van der Waals surface area contributed by atoms with Gasteiger partial charge >= 0.3 is 0 Å². The topological polar surface area (TPSA) is 95.0 Å². The average Bonchev–Trinajstić information content (AvgIpc) is 3.28. The van der Waals surface area contributed by atoms with Gasteiger partial charge in [-0.1, -0.05) is 64.5 Å². The molecule has 6 rings (SSSR count). The van der Waals surface area contributed by atoms with Crippen molar-refractivity contribution in [2.45, 2.75) is 35.4 Å². The monoisotopic (exact) mass is 642 g/mol. The van der Waals surface area contributed by atoms with Gasteiger partial charge in [-0.25, -0.2) is 0 Å². The number of carbonyl (C=O) groups is 4. The molecule has 0 radical (unpaired) electrons. The number of hydrogen-bond donors (Lipinski definition) is 1.